The van der Waals surface area contributed by atoms with E-state index in [9.17, 15) is 9.59 Å². The first-order valence-corrected chi connectivity index (χ1v) is 8.05. The summed E-state index contributed by atoms with van der Waals surface area (Å²) in [5, 5.41) is 10.7. The second-order valence-corrected chi connectivity index (χ2v) is 5.62. The predicted molar refractivity (Wildman–Crippen MR) is 92.7 cm³/mol. The maximum Gasteiger partial charge on any atom is 0.250 e. The van der Waals surface area contributed by atoms with E-state index in [1.165, 1.54) is 16.2 Å². The summed E-state index contributed by atoms with van der Waals surface area (Å²) in [6, 6.07) is 14.9. The molecule has 0 fully saturated rings. The van der Waals surface area contributed by atoms with E-state index in [1.54, 1.807) is 24.7 Å². The molecule has 0 bridgehead atoms. The van der Waals surface area contributed by atoms with Gasteiger partial charge in [-0.25, -0.2) is 0 Å². The number of aromatic nitrogens is 4. The van der Waals surface area contributed by atoms with Gasteiger partial charge < -0.3 is 14.5 Å². The normalized spacial score (nSPS) is 10.6. The third kappa shape index (κ3) is 4.63. The topological polar surface area (TPSA) is 81.8 Å². The number of aryl methyl sites for hydroxylation is 2. The Morgan fingerprint density at radius 3 is 2.64 bits per heavy atom. The Hall–Kier alpha value is -3.22. The highest BCUT2D eigenvalue weighted by atomic mass is 16.2. The number of hydrogen-bond donors (Lipinski definition) is 1. The largest absolute Gasteiger partial charge is 0.347 e. The van der Waals surface area contributed by atoms with Gasteiger partial charge in [-0.15, -0.1) is 10.2 Å². The molecule has 2 heterocycles. The number of benzene rings is 1. The van der Waals surface area contributed by atoms with Crippen LogP contribution in [-0.2, 0) is 30.8 Å². The number of nitrogens with zero attached hydrogens (tertiary/aromatic N) is 4. The van der Waals surface area contributed by atoms with E-state index in [2.05, 4.69) is 27.6 Å². The minimum atomic E-state index is -0.245. The second kappa shape index (κ2) is 8.05. The van der Waals surface area contributed by atoms with Crippen LogP contribution in [0.25, 0.3) is 0 Å². The molecule has 7 heteroatoms. The van der Waals surface area contributed by atoms with Crippen LogP contribution in [0.2, 0.25) is 0 Å². The maximum absolute atomic E-state index is 12.0. The van der Waals surface area contributed by atoms with Crippen LogP contribution in [0, 0.1) is 0 Å². The van der Waals surface area contributed by atoms with Crippen molar-refractivity contribution in [3.8, 4) is 0 Å². The van der Waals surface area contributed by atoms with Gasteiger partial charge in [0.15, 0.2) is 5.82 Å². The van der Waals surface area contributed by atoms with E-state index in [0.717, 1.165) is 13.0 Å². The third-order valence-electron chi connectivity index (χ3n) is 3.84. The summed E-state index contributed by atoms with van der Waals surface area (Å²) in [7, 11) is 0. The van der Waals surface area contributed by atoms with Crippen molar-refractivity contribution in [3.05, 3.63) is 82.8 Å². The average molecular weight is 337 g/mol. The fourth-order valence-electron chi connectivity index (χ4n) is 2.48. The van der Waals surface area contributed by atoms with Crippen LogP contribution in [0.4, 0.5) is 0 Å². The fraction of sp³-hybridized carbons (Fsp3) is 0.222. The van der Waals surface area contributed by atoms with Gasteiger partial charge in [0.1, 0.15) is 12.9 Å². The maximum atomic E-state index is 12.0. The van der Waals surface area contributed by atoms with Crippen molar-refractivity contribution in [1.82, 2.24) is 24.6 Å². The monoisotopic (exact) mass is 337 g/mol. The van der Waals surface area contributed by atoms with Crippen molar-refractivity contribution in [1.29, 1.82) is 0 Å². The molecule has 1 N–H and O–H groups in total. The van der Waals surface area contributed by atoms with Crippen molar-refractivity contribution in [2.45, 2.75) is 26.1 Å². The van der Waals surface area contributed by atoms with Gasteiger partial charge in [-0.05, 0) is 18.1 Å². The molecule has 0 aliphatic rings. The quantitative estimate of drug-likeness (QED) is 0.697. The second-order valence-electron chi connectivity index (χ2n) is 5.62. The summed E-state index contributed by atoms with van der Waals surface area (Å²) in [5.74, 6) is 0.440. The molecule has 0 atom stereocenters. The highest BCUT2D eigenvalue weighted by Gasteiger charge is 2.08. The molecule has 0 aliphatic heterocycles. The summed E-state index contributed by atoms with van der Waals surface area (Å²) < 4.78 is 3.28. The summed E-state index contributed by atoms with van der Waals surface area (Å²) in [5.41, 5.74) is 1.03. The van der Waals surface area contributed by atoms with E-state index in [0.29, 0.717) is 5.82 Å². The number of nitrogens with one attached hydrogen (secondary N) is 1. The van der Waals surface area contributed by atoms with Gasteiger partial charge in [-0.1, -0.05) is 36.4 Å². The first-order valence-electron chi connectivity index (χ1n) is 8.05. The van der Waals surface area contributed by atoms with E-state index in [1.807, 2.05) is 22.8 Å². The molecule has 1 aromatic carbocycles. The van der Waals surface area contributed by atoms with E-state index < -0.39 is 0 Å². The first kappa shape index (κ1) is 16.6. The zero-order chi connectivity index (χ0) is 17.5. The van der Waals surface area contributed by atoms with Gasteiger partial charge in [-0.2, -0.15) is 0 Å². The van der Waals surface area contributed by atoms with Crippen LogP contribution in [-0.4, -0.2) is 25.2 Å². The van der Waals surface area contributed by atoms with Gasteiger partial charge in [0.25, 0.3) is 5.56 Å². The van der Waals surface area contributed by atoms with Gasteiger partial charge in [-0.3, -0.25) is 9.59 Å². The summed E-state index contributed by atoms with van der Waals surface area (Å²) >= 11 is 0. The Kier molecular flexibility index (Phi) is 5.36. The molecular weight excluding hydrogens is 318 g/mol. The van der Waals surface area contributed by atoms with Crippen LogP contribution >= 0.6 is 0 Å². The van der Waals surface area contributed by atoms with Gasteiger partial charge in [0.2, 0.25) is 5.91 Å². The molecule has 3 aromatic rings. The van der Waals surface area contributed by atoms with Crippen LogP contribution in [0.1, 0.15) is 11.4 Å². The van der Waals surface area contributed by atoms with Crippen molar-refractivity contribution in [2.75, 3.05) is 0 Å². The molecule has 0 aliphatic carbocycles. The number of amides is 1. The average Bonchev–Trinajstić information content (AvgIpc) is 3.08. The minimum absolute atomic E-state index is 0.0160. The van der Waals surface area contributed by atoms with Gasteiger partial charge >= 0.3 is 0 Å². The van der Waals surface area contributed by atoms with Gasteiger partial charge in [0.05, 0.1) is 6.54 Å². The fourth-order valence-corrected chi connectivity index (χ4v) is 2.48. The van der Waals surface area contributed by atoms with Crippen LogP contribution in [0.5, 0.6) is 0 Å². The third-order valence-corrected chi connectivity index (χ3v) is 3.84. The molecule has 1 amide bonds. The number of carbonyl (C=O) groups excluding carboxylic acids is 1. The number of pyridine rings is 1. The first-order chi connectivity index (χ1) is 12.2. The Bertz CT molecular complexity index is 885. The summed E-state index contributed by atoms with van der Waals surface area (Å²) in [6.07, 6.45) is 4.11. The lowest BCUT2D eigenvalue weighted by Gasteiger charge is -2.09. The molecular formula is C18H19N5O2. The van der Waals surface area contributed by atoms with E-state index >= 15 is 0 Å². The number of hydrogen-bond acceptors (Lipinski definition) is 4. The SMILES string of the molecule is O=C(Cn1ccccc1=O)NCc1nncn1CCc1ccccc1. The van der Waals surface area contributed by atoms with Crippen molar-refractivity contribution in [2.24, 2.45) is 0 Å². The number of rotatable bonds is 7. The molecule has 2 aromatic heterocycles. The molecule has 0 saturated carbocycles. The smallest absolute Gasteiger partial charge is 0.250 e. The zero-order valence-corrected chi connectivity index (χ0v) is 13.7. The van der Waals surface area contributed by atoms with Crippen molar-refractivity contribution >= 4 is 5.91 Å². The van der Waals surface area contributed by atoms with Crippen molar-refractivity contribution < 1.29 is 4.79 Å². The Balaban J connectivity index is 1.53. The standard InChI is InChI=1S/C18H19N5O2/c24-17(13-22-10-5-4-8-18(22)25)19-12-16-21-20-14-23(16)11-9-15-6-2-1-3-7-15/h1-8,10,14H,9,11-13H2,(H,19,24). The minimum Gasteiger partial charge on any atom is -0.347 e. The number of carbonyl (C=O) groups is 1. The molecule has 0 spiro atoms. The Morgan fingerprint density at radius 1 is 1.04 bits per heavy atom. The lowest BCUT2D eigenvalue weighted by molar-refractivity contribution is -0.121. The van der Waals surface area contributed by atoms with Crippen LogP contribution < -0.4 is 10.9 Å². The highest BCUT2D eigenvalue weighted by molar-refractivity contribution is 5.75. The lowest BCUT2D eigenvalue weighted by Crippen LogP contribution is -2.32. The molecule has 25 heavy (non-hydrogen) atoms. The molecule has 0 radical (unpaired) electrons. The predicted octanol–water partition coefficient (Wildman–Crippen LogP) is 0.999. The van der Waals surface area contributed by atoms with Gasteiger partial charge in [0, 0.05) is 18.8 Å². The van der Waals surface area contributed by atoms with E-state index in [4.69, 9.17) is 0 Å². The molecule has 7 nitrogen and oxygen atoms in total. The zero-order valence-electron chi connectivity index (χ0n) is 13.7. The summed E-state index contributed by atoms with van der Waals surface area (Å²) in [6.45, 7) is 0.993. The molecule has 128 valence electrons. The molecule has 3 rings (SSSR count). The molecule has 0 saturated heterocycles. The lowest BCUT2D eigenvalue weighted by atomic mass is 10.1. The van der Waals surface area contributed by atoms with Crippen LogP contribution in [0.3, 0.4) is 0 Å². The Labute approximate surface area is 144 Å². The highest BCUT2D eigenvalue weighted by Crippen LogP contribution is 2.03. The van der Waals surface area contributed by atoms with Crippen molar-refractivity contribution in [3.63, 3.8) is 0 Å². The molecule has 0 unspecified atom stereocenters. The summed E-state index contributed by atoms with van der Waals surface area (Å²) in [4.78, 5) is 23.6. The van der Waals surface area contributed by atoms with Crippen LogP contribution in [0.15, 0.2) is 65.8 Å². The Morgan fingerprint density at radius 2 is 1.84 bits per heavy atom. The van der Waals surface area contributed by atoms with E-state index in [-0.39, 0.29) is 24.6 Å².